The van der Waals surface area contributed by atoms with Gasteiger partial charge in [0.2, 0.25) is 5.85 Å². The Labute approximate surface area is 189 Å². The second kappa shape index (κ2) is 9.47. The predicted molar refractivity (Wildman–Crippen MR) is 116 cm³/mol. The minimum atomic E-state index is -3.79. The lowest BCUT2D eigenvalue weighted by atomic mass is 9.97. The van der Waals surface area contributed by atoms with E-state index >= 15 is 0 Å². The fraction of sp³-hybridized carbons (Fsp3) is 0.350. The fourth-order valence-corrected chi connectivity index (χ4v) is 5.35. The third-order valence-corrected chi connectivity index (χ3v) is 6.93. The number of halogens is 3. The monoisotopic (exact) mass is 492 g/mol. The molecule has 10 heteroatoms. The van der Waals surface area contributed by atoms with E-state index in [0.717, 1.165) is 0 Å². The molecule has 1 saturated heterocycles. The normalized spacial score (nSPS) is 18.4. The molecule has 1 atom stereocenters. The smallest absolute Gasteiger partial charge is 0.375 e. The van der Waals surface area contributed by atoms with Gasteiger partial charge in [0.05, 0.1) is 18.2 Å². The summed E-state index contributed by atoms with van der Waals surface area (Å²) < 4.78 is 35.4. The third-order valence-electron chi connectivity index (χ3n) is 4.20. The Morgan fingerprint density at radius 3 is 2.27 bits per heavy atom. The summed E-state index contributed by atoms with van der Waals surface area (Å²) in [6, 6.07) is 11.0. The second-order valence-corrected chi connectivity index (χ2v) is 10.9. The molecule has 1 heterocycles. The minimum Gasteiger partial charge on any atom is -0.480 e. The molecule has 0 aromatic heterocycles. The van der Waals surface area contributed by atoms with Crippen molar-refractivity contribution in [3.05, 3.63) is 63.1 Å². The van der Waals surface area contributed by atoms with E-state index in [2.05, 4.69) is 0 Å². The lowest BCUT2D eigenvalue weighted by molar-refractivity contribution is -0.149. The summed E-state index contributed by atoms with van der Waals surface area (Å²) in [5, 5.41) is 1.17. The van der Waals surface area contributed by atoms with Crippen LogP contribution in [0.3, 0.4) is 0 Å². The van der Waals surface area contributed by atoms with Gasteiger partial charge in [0.1, 0.15) is 5.75 Å². The molecule has 0 spiro atoms. The quantitative estimate of drug-likeness (QED) is 0.336. The maximum Gasteiger partial charge on any atom is 0.375 e. The average Bonchev–Trinajstić information content (AvgIpc) is 2.69. The molecule has 2 aromatic carbocycles. The Hall–Kier alpha value is -1.27. The van der Waals surface area contributed by atoms with Gasteiger partial charge < -0.3 is 18.5 Å². The summed E-state index contributed by atoms with van der Waals surface area (Å²) in [7, 11) is -3.79. The molecule has 3 rings (SSSR count). The highest BCUT2D eigenvalue weighted by Crippen LogP contribution is 2.64. The minimum absolute atomic E-state index is 0.197. The molecule has 0 bridgehead atoms. The molecular formula is C20H20Cl3O6P. The summed E-state index contributed by atoms with van der Waals surface area (Å²) in [6.45, 7) is 3.77. The van der Waals surface area contributed by atoms with Crippen LogP contribution < -0.4 is 4.74 Å². The molecule has 0 radical (unpaired) electrons. The van der Waals surface area contributed by atoms with Crippen LogP contribution in [0.15, 0.2) is 42.5 Å². The van der Waals surface area contributed by atoms with Gasteiger partial charge in [-0.2, -0.15) is 0 Å². The van der Waals surface area contributed by atoms with Crippen molar-refractivity contribution in [2.45, 2.75) is 19.7 Å². The lowest BCUT2D eigenvalue weighted by Gasteiger charge is -2.36. The zero-order valence-corrected chi connectivity index (χ0v) is 19.4. The van der Waals surface area contributed by atoms with E-state index in [0.29, 0.717) is 15.6 Å². The van der Waals surface area contributed by atoms with Gasteiger partial charge in [-0.3, -0.25) is 4.57 Å². The van der Waals surface area contributed by atoms with Crippen molar-refractivity contribution in [2.75, 3.05) is 19.8 Å². The topological polar surface area (TPSA) is 71.1 Å². The van der Waals surface area contributed by atoms with Crippen molar-refractivity contribution in [1.29, 1.82) is 0 Å². The van der Waals surface area contributed by atoms with Gasteiger partial charge in [0, 0.05) is 21.0 Å². The molecule has 6 nitrogen and oxygen atoms in total. The summed E-state index contributed by atoms with van der Waals surface area (Å²) in [6.07, 6.45) is 0. The Bertz CT molecular complexity index is 950. The van der Waals surface area contributed by atoms with Gasteiger partial charge >= 0.3 is 13.6 Å². The van der Waals surface area contributed by atoms with Crippen LogP contribution >= 0.6 is 42.4 Å². The fourth-order valence-electron chi connectivity index (χ4n) is 2.57. The zero-order chi connectivity index (χ0) is 21.9. The summed E-state index contributed by atoms with van der Waals surface area (Å²) in [5.74, 6) is -1.77. The number of hydrogen-bond donors (Lipinski definition) is 0. The molecule has 0 N–H and O–H groups in total. The molecule has 0 amide bonds. The van der Waals surface area contributed by atoms with Crippen molar-refractivity contribution in [3.8, 4) is 5.75 Å². The highest BCUT2D eigenvalue weighted by atomic mass is 35.5. The molecule has 1 unspecified atom stereocenters. The van der Waals surface area contributed by atoms with Crippen LogP contribution in [0.1, 0.15) is 25.3 Å². The first kappa shape index (κ1) is 23.4. The first-order valence-corrected chi connectivity index (χ1v) is 11.7. The third kappa shape index (κ3) is 5.91. The van der Waals surface area contributed by atoms with E-state index in [1.165, 1.54) is 12.1 Å². The van der Waals surface area contributed by atoms with E-state index in [1.807, 2.05) is 13.8 Å². The van der Waals surface area contributed by atoms with Crippen LogP contribution in [0.2, 0.25) is 15.1 Å². The summed E-state index contributed by atoms with van der Waals surface area (Å²) >= 11 is 17.8. The maximum atomic E-state index is 13.4. The molecule has 162 valence electrons. The Morgan fingerprint density at radius 2 is 1.67 bits per heavy atom. The van der Waals surface area contributed by atoms with Gasteiger partial charge in [-0.25, -0.2) is 4.79 Å². The number of hydrogen-bond acceptors (Lipinski definition) is 6. The van der Waals surface area contributed by atoms with Crippen LogP contribution in [0.25, 0.3) is 0 Å². The predicted octanol–water partition coefficient (Wildman–Crippen LogP) is 6.53. The van der Waals surface area contributed by atoms with Crippen LogP contribution in [0, 0.1) is 5.41 Å². The number of rotatable bonds is 6. The highest BCUT2D eigenvalue weighted by molar-refractivity contribution is 7.54. The molecule has 1 aliphatic heterocycles. The van der Waals surface area contributed by atoms with Crippen molar-refractivity contribution < 1.29 is 27.9 Å². The lowest BCUT2D eigenvalue weighted by Crippen LogP contribution is -2.31. The number of ether oxygens (including phenoxy) is 2. The molecule has 1 fully saturated rings. The van der Waals surface area contributed by atoms with E-state index in [4.69, 9.17) is 53.3 Å². The number of esters is 1. The van der Waals surface area contributed by atoms with Crippen molar-refractivity contribution >= 4 is 48.4 Å². The van der Waals surface area contributed by atoms with E-state index in [9.17, 15) is 9.36 Å². The maximum absolute atomic E-state index is 13.4. The summed E-state index contributed by atoms with van der Waals surface area (Å²) in [5.41, 5.74) is 0.122. The first-order chi connectivity index (χ1) is 14.1. The van der Waals surface area contributed by atoms with Gasteiger partial charge in [-0.15, -0.1) is 0 Å². The van der Waals surface area contributed by atoms with Crippen molar-refractivity contribution in [3.63, 3.8) is 0 Å². The molecule has 30 heavy (non-hydrogen) atoms. The highest BCUT2D eigenvalue weighted by Gasteiger charge is 2.46. The second-order valence-electron chi connectivity index (χ2n) is 7.51. The standard InChI is InChI=1S/C20H20Cl3O6P/c1-20(2)11-27-30(25,28-12-20)19(13-3-5-14(21)6-4-13)29-18(24)10-26-17-8-7-15(22)9-16(17)23/h3-9,19H,10-12H2,1-2H3. The summed E-state index contributed by atoms with van der Waals surface area (Å²) in [4.78, 5) is 12.5. The SMILES string of the molecule is CC1(C)COP(=O)(C(OC(=O)COc2ccc(Cl)cc2Cl)c2ccc(Cl)cc2)OC1. The average molecular weight is 494 g/mol. The van der Waals surface area contributed by atoms with Crippen LogP contribution in [0.5, 0.6) is 5.75 Å². The van der Waals surface area contributed by atoms with Crippen LogP contribution in [-0.4, -0.2) is 25.8 Å². The molecule has 0 saturated carbocycles. The largest absolute Gasteiger partial charge is 0.480 e. The Balaban J connectivity index is 1.76. The molecule has 2 aromatic rings. The van der Waals surface area contributed by atoms with Gasteiger partial charge in [-0.1, -0.05) is 60.8 Å². The molecule has 1 aliphatic rings. The van der Waals surface area contributed by atoms with Crippen molar-refractivity contribution in [2.24, 2.45) is 5.41 Å². The molecule has 0 aliphatic carbocycles. The van der Waals surface area contributed by atoms with Crippen LogP contribution in [-0.2, 0) is 23.1 Å². The van der Waals surface area contributed by atoms with E-state index < -0.39 is 26.0 Å². The first-order valence-electron chi connectivity index (χ1n) is 9.00. The Morgan fingerprint density at radius 1 is 1.07 bits per heavy atom. The zero-order valence-electron chi connectivity index (χ0n) is 16.3. The van der Waals surface area contributed by atoms with Gasteiger partial charge in [-0.05, 0) is 30.3 Å². The van der Waals surface area contributed by atoms with E-state index in [-0.39, 0.29) is 29.4 Å². The Kier molecular flexibility index (Phi) is 7.39. The number of carbonyl (C=O) groups excluding carboxylic acids is 1. The van der Waals surface area contributed by atoms with E-state index in [1.54, 1.807) is 30.3 Å². The van der Waals surface area contributed by atoms with Crippen LogP contribution in [0.4, 0.5) is 0 Å². The van der Waals surface area contributed by atoms with Gasteiger partial charge in [0.25, 0.3) is 0 Å². The molecular weight excluding hydrogens is 474 g/mol. The van der Waals surface area contributed by atoms with Gasteiger partial charge in [0.15, 0.2) is 6.61 Å². The number of benzene rings is 2. The number of carbonyl (C=O) groups is 1. The van der Waals surface area contributed by atoms with Crippen molar-refractivity contribution in [1.82, 2.24) is 0 Å².